The molecule has 1 aliphatic rings. The Bertz CT molecular complexity index is 1450. The van der Waals surface area contributed by atoms with Crippen molar-refractivity contribution in [3.63, 3.8) is 0 Å². The molecule has 0 aliphatic carbocycles. The summed E-state index contributed by atoms with van der Waals surface area (Å²) in [5.74, 6) is -0.217. The Morgan fingerprint density at radius 1 is 1.00 bits per heavy atom. The van der Waals surface area contributed by atoms with Crippen LogP contribution in [0.5, 0.6) is 0 Å². The fourth-order valence-electron chi connectivity index (χ4n) is 3.51. The molecular weight excluding hydrogens is 400 g/mol. The lowest BCUT2D eigenvalue weighted by molar-refractivity contribution is 0.101. The highest BCUT2D eigenvalue weighted by Crippen LogP contribution is 2.29. The molecule has 5 rings (SSSR count). The van der Waals surface area contributed by atoms with Crippen molar-refractivity contribution in [2.75, 3.05) is 11.6 Å². The minimum absolute atomic E-state index is 0.217. The summed E-state index contributed by atoms with van der Waals surface area (Å²) >= 11 is 0. The lowest BCUT2D eigenvalue weighted by atomic mass is 10.0. The van der Waals surface area contributed by atoms with Gasteiger partial charge >= 0.3 is 0 Å². The van der Waals surface area contributed by atoms with Crippen LogP contribution in [0.15, 0.2) is 76.9 Å². The van der Waals surface area contributed by atoms with Gasteiger partial charge in [-0.15, -0.1) is 0 Å². The van der Waals surface area contributed by atoms with Crippen molar-refractivity contribution < 1.29 is 13.2 Å². The van der Waals surface area contributed by atoms with E-state index in [-0.39, 0.29) is 10.8 Å². The van der Waals surface area contributed by atoms with Crippen LogP contribution in [0.25, 0.3) is 16.9 Å². The van der Waals surface area contributed by atoms with E-state index in [4.69, 9.17) is 0 Å². The number of nitrogens with one attached hydrogen (secondary N) is 1. The monoisotopic (exact) mass is 416 g/mol. The Balaban J connectivity index is 1.52. The zero-order valence-electron chi connectivity index (χ0n) is 15.9. The van der Waals surface area contributed by atoms with Gasteiger partial charge in [-0.2, -0.15) is 0 Å². The van der Waals surface area contributed by atoms with Gasteiger partial charge in [-0.3, -0.25) is 9.20 Å². The summed E-state index contributed by atoms with van der Waals surface area (Å²) < 4.78 is 25.2. The van der Waals surface area contributed by atoms with E-state index in [1.54, 1.807) is 42.7 Å². The fraction of sp³-hybridized carbons (Fsp3) is 0.0455. The Kier molecular flexibility index (Phi) is 4.04. The first kappa shape index (κ1) is 18.3. The molecular formula is C22H16N4O3S. The highest BCUT2D eigenvalue weighted by atomic mass is 32.2. The maximum Gasteiger partial charge on any atom is 0.277 e. The molecule has 0 unspecified atom stereocenters. The van der Waals surface area contributed by atoms with Gasteiger partial charge in [-0.25, -0.2) is 18.4 Å². The minimum atomic E-state index is -3.24. The van der Waals surface area contributed by atoms with Crippen molar-refractivity contribution in [3.05, 3.63) is 78.1 Å². The summed E-state index contributed by atoms with van der Waals surface area (Å²) in [6.45, 7) is 0. The first-order valence-electron chi connectivity index (χ1n) is 9.16. The number of aromatic nitrogens is 2. The molecule has 0 bridgehead atoms. The number of hydrogen-bond donors (Lipinski definition) is 1. The number of anilines is 2. The summed E-state index contributed by atoms with van der Waals surface area (Å²) in [6, 6.07) is 16.1. The van der Waals surface area contributed by atoms with Gasteiger partial charge in [0.2, 0.25) is 0 Å². The number of aliphatic imine (C=N–C) groups is 1. The summed E-state index contributed by atoms with van der Waals surface area (Å²) in [7, 11) is -3.24. The number of pyridine rings is 1. The molecule has 1 aliphatic heterocycles. The number of sulfone groups is 1. The van der Waals surface area contributed by atoms with Gasteiger partial charge in [0.05, 0.1) is 21.8 Å². The number of imidazole rings is 1. The Hall–Kier alpha value is -3.78. The van der Waals surface area contributed by atoms with Crippen LogP contribution in [0, 0.1) is 0 Å². The van der Waals surface area contributed by atoms with E-state index in [1.807, 2.05) is 34.9 Å². The molecule has 0 atom stereocenters. The van der Waals surface area contributed by atoms with Crippen LogP contribution in [0.3, 0.4) is 0 Å². The second-order valence-corrected chi connectivity index (χ2v) is 9.06. The maximum absolute atomic E-state index is 11.7. The van der Waals surface area contributed by atoms with Crippen molar-refractivity contribution in [1.29, 1.82) is 0 Å². The number of hydrogen-bond acceptors (Lipinski definition) is 5. The third-order valence-electron chi connectivity index (χ3n) is 5.01. The van der Waals surface area contributed by atoms with Crippen LogP contribution in [0.1, 0.15) is 15.9 Å². The van der Waals surface area contributed by atoms with Crippen LogP contribution < -0.4 is 5.32 Å². The topological polar surface area (TPSA) is 92.9 Å². The van der Waals surface area contributed by atoms with Crippen molar-refractivity contribution in [2.24, 2.45) is 4.99 Å². The molecule has 8 heteroatoms. The Labute approximate surface area is 172 Å². The smallest absolute Gasteiger partial charge is 0.277 e. The minimum Gasteiger partial charge on any atom is -0.352 e. The van der Waals surface area contributed by atoms with E-state index in [2.05, 4.69) is 15.3 Å². The van der Waals surface area contributed by atoms with Crippen LogP contribution in [0.4, 0.5) is 11.4 Å². The third kappa shape index (κ3) is 3.07. The SMILES string of the molecule is CS(=O)(=O)c1ccc(Nc2ccc(-c3ccc4c(c3)C=NC4=O)n3ccnc23)cc1. The normalized spacial score (nSPS) is 13.0. The van der Waals surface area contributed by atoms with Gasteiger partial charge in [0.15, 0.2) is 15.5 Å². The van der Waals surface area contributed by atoms with E-state index in [9.17, 15) is 13.2 Å². The highest BCUT2D eigenvalue weighted by molar-refractivity contribution is 7.90. The second kappa shape index (κ2) is 6.64. The van der Waals surface area contributed by atoms with Gasteiger partial charge in [-0.1, -0.05) is 6.07 Å². The number of benzene rings is 2. The highest BCUT2D eigenvalue weighted by Gasteiger charge is 2.17. The zero-order chi connectivity index (χ0) is 20.9. The van der Waals surface area contributed by atoms with E-state index in [1.165, 1.54) is 6.26 Å². The lowest BCUT2D eigenvalue weighted by Crippen LogP contribution is -2.00. The molecule has 0 radical (unpaired) electrons. The molecule has 0 spiro atoms. The maximum atomic E-state index is 11.7. The van der Waals surface area contributed by atoms with E-state index in [0.717, 1.165) is 33.8 Å². The lowest BCUT2D eigenvalue weighted by Gasteiger charge is -2.12. The zero-order valence-corrected chi connectivity index (χ0v) is 16.7. The number of rotatable bonds is 4. The first-order chi connectivity index (χ1) is 14.4. The molecule has 1 amide bonds. The Morgan fingerprint density at radius 3 is 2.57 bits per heavy atom. The fourth-order valence-corrected chi connectivity index (χ4v) is 4.14. The van der Waals surface area contributed by atoms with Crippen LogP contribution in [-0.2, 0) is 9.84 Å². The number of carbonyl (C=O) groups is 1. The molecule has 3 heterocycles. The van der Waals surface area contributed by atoms with Crippen molar-refractivity contribution in [3.8, 4) is 11.3 Å². The van der Waals surface area contributed by atoms with Crippen molar-refractivity contribution in [1.82, 2.24) is 9.38 Å². The number of carbonyl (C=O) groups excluding carboxylic acids is 1. The molecule has 0 saturated carbocycles. The molecule has 148 valence electrons. The molecule has 2 aromatic carbocycles. The van der Waals surface area contributed by atoms with E-state index >= 15 is 0 Å². The summed E-state index contributed by atoms with van der Waals surface area (Å²) in [5.41, 5.74) is 5.55. The molecule has 4 aromatic rings. The average Bonchev–Trinajstić information content (AvgIpc) is 3.35. The molecule has 0 saturated heterocycles. The van der Waals surface area contributed by atoms with Gasteiger partial charge in [0, 0.05) is 36.1 Å². The Morgan fingerprint density at radius 2 is 1.80 bits per heavy atom. The standard InChI is InChI=1S/C22H16N4O3S/c1-30(28,29)17-5-3-16(4-6-17)25-19-8-9-20(26-11-10-23-21(19)26)14-2-7-18-15(12-14)13-24-22(18)27/h2-13,25H,1H3. The number of amides is 1. The van der Waals surface area contributed by atoms with Crippen LogP contribution in [-0.4, -0.2) is 36.2 Å². The molecule has 0 fully saturated rings. The van der Waals surface area contributed by atoms with Gasteiger partial charge < -0.3 is 5.32 Å². The van der Waals surface area contributed by atoms with Crippen LogP contribution in [0.2, 0.25) is 0 Å². The predicted octanol–water partition coefficient (Wildman–Crippen LogP) is 3.72. The van der Waals surface area contributed by atoms with Crippen molar-refractivity contribution >= 4 is 39.0 Å². The van der Waals surface area contributed by atoms with E-state index in [0.29, 0.717) is 5.56 Å². The van der Waals surface area contributed by atoms with E-state index < -0.39 is 9.84 Å². The average molecular weight is 416 g/mol. The molecule has 7 nitrogen and oxygen atoms in total. The summed E-state index contributed by atoms with van der Waals surface area (Å²) in [6.07, 6.45) is 6.36. The van der Waals surface area contributed by atoms with Crippen molar-refractivity contribution in [2.45, 2.75) is 4.90 Å². The quantitative estimate of drug-likeness (QED) is 0.547. The third-order valence-corrected chi connectivity index (χ3v) is 6.14. The summed E-state index contributed by atoms with van der Waals surface area (Å²) in [5, 5.41) is 3.29. The molecule has 2 aromatic heterocycles. The second-order valence-electron chi connectivity index (χ2n) is 7.04. The molecule has 30 heavy (non-hydrogen) atoms. The number of nitrogens with zero attached hydrogens (tertiary/aromatic N) is 3. The molecule has 1 N–H and O–H groups in total. The first-order valence-corrected chi connectivity index (χ1v) is 11.1. The predicted molar refractivity (Wildman–Crippen MR) is 115 cm³/mol. The van der Waals surface area contributed by atoms with Gasteiger partial charge in [0.1, 0.15) is 0 Å². The van der Waals surface area contributed by atoms with Gasteiger partial charge in [-0.05, 0) is 54.1 Å². The summed E-state index contributed by atoms with van der Waals surface area (Å²) in [4.78, 5) is 20.3. The van der Waals surface area contributed by atoms with Crippen LogP contribution >= 0.6 is 0 Å². The number of fused-ring (bicyclic) bond motifs is 2. The van der Waals surface area contributed by atoms with Gasteiger partial charge in [0.25, 0.3) is 5.91 Å². The largest absolute Gasteiger partial charge is 0.352 e.